The summed E-state index contributed by atoms with van der Waals surface area (Å²) < 4.78 is 30.4. The van der Waals surface area contributed by atoms with Crippen molar-refractivity contribution in [2.75, 3.05) is 25.4 Å². The summed E-state index contributed by atoms with van der Waals surface area (Å²) in [5.41, 5.74) is -0.786. The molecule has 1 atom stereocenters. The van der Waals surface area contributed by atoms with Gasteiger partial charge in [0.1, 0.15) is 0 Å². The summed E-state index contributed by atoms with van der Waals surface area (Å²) in [5.74, 6) is -0.0444. The Kier molecular flexibility index (Phi) is 20.7. The van der Waals surface area contributed by atoms with Crippen LogP contribution in [-0.2, 0) is 32.3 Å². The lowest BCUT2D eigenvalue weighted by Gasteiger charge is -2.24. The van der Waals surface area contributed by atoms with Crippen molar-refractivity contribution in [2.24, 2.45) is 5.41 Å². The van der Waals surface area contributed by atoms with E-state index < -0.39 is 21.9 Å². The van der Waals surface area contributed by atoms with Gasteiger partial charge in [-0.3, -0.25) is 18.9 Å². The Bertz CT molecular complexity index is 710. The minimum atomic E-state index is -4.43. The molecule has 210 valence electrons. The molecule has 1 unspecified atom stereocenters. The van der Waals surface area contributed by atoms with Gasteiger partial charge in [0, 0.05) is 38.1 Å². The molecule has 0 aromatic rings. The van der Waals surface area contributed by atoms with E-state index in [4.69, 9.17) is 4.52 Å². The van der Waals surface area contributed by atoms with E-state index in [1.807, 2.05) is 0 Å². The third-order valence-electron chi connectivity index (χ3n) is 5.24. The van der Waals surface area contributed by atoms with Crippen LogP contribution in [0.25, 0.3) is 0 Å². The second-order valence-corrected chi connectivity index (χ2v) is 12.6. The van der Waals surface area contributed by atoms with Gasteiger partial charge in [-0.05, 0) is 11.8 Å². The van der Waals surface area contributed by atoms with Gasteiger partial charge in [0.15, 0.2) is 5.12 Å². The number of hydrogen-bond acceptors (Lipinski definition) is 8. The minimum absolute atomic E-state index is 0.0125. The van der Waals surface area contributed by atoms with Crippen LogP contribution in [0.4, 0.5) is 0 Å². The minimum Gasteiger partial charge on any atom is -0.356 e. The molecular weight excluding hydrogens is 526 g/mol. The fraction of sp³-hybridized carbons (Fsp3) is 0.870. The number of nitrogens with one attached hydrogen (secondary N) is 2. The summed E-state index contributed by atoms with van der Waals surface area (Å²) >= 11 is 1.24. The van der Waals surface area contributed by atoms with Gasteiger partial charge in [0.2, 0.25) is 11.8 Å². The standard InChI is InChI=1S/C23H44N2O8P2S/c1-4-5-6-7-8-9-10-11-12-13-22(28)36-17-16-25-20(26)14-15-24-21(27)18-23(2,3)19-32-35(30,31)33-34-29/h4-19H2,1-3H3,(H,24,27)(H,25,26)(H,30,31). The molecule has 0 aromatic carbocycles. The molecule has 10 nitrogen and oxygen atoms in total. The molecule has 0 saturated carbocycles. The molecule has 2 amide bonds. The average molecular weight is 571 g/mol. The third-order valence-corrected chi connectivity index (χ3v) is 7.72. The van der Waals surface area contributed by atoms with Crippen LogP contribution in [0.5, 0.6) is 0 Å². The first-order valence-corrected chi connectivity index (χ1v) is 15.9. The van der Waals surface area contributed by atoms with E-state index in [-0.39, 0.29) is 42.9 Å². The Hall–Kier alpha value is -0.830. The van der Waals surface area contributed by atoms with E-state index in [0.29, 0.717) is 18.7 Å². The Morgan fingerprint density at radius 2 is 1.50 bits per heavy atom. The highest BCUT2D eigenvalue weighted by Gasteiger charge is 2.29. The summed E-state index contributed by atoms with van der Waals surface area (Å²) in [6, 6.07) is 0. The molecule has 13 heteroatoms. The zero-order valence-corrected chi connectivity index (χ0v) is 24.5. The summed E-state index contributed by atoms with van der Waals surface area (Å²) in [5, 5.41) is 5.51. The summed E-state index contributed by atoms with van der Waals surface area (Å²) in [7, 11) is -5.41. The molecule has 3 N–H and O–H groups in total. The van der Waals surface area contributed by atoms with Crippen LogP contribution in [0.1, 0.15) is 97.8 Å². The van der Waals surface area contributed by atoms with Crippen LogP contribution in [0, 0.1) is 5.41 Å². The van der Waals surface area contributed by atoms with Crippen molar-refractivity contribution >= 4 is 45.2 Å². The maximum Gasteiger partial charge on any atom is 0.482 e. The fourth-order valence-electron chi connectivity index (χ4n) is 3.28. The zero-order chi connectivity index (χ0) is 27.3. The Labute approximate surface area is 221 Å². The van der Waals surface area contributed by atoms with Gasteiger partial charge in [-0.1, -0.05) is 83.9 Å². The smallest absolute Gasteiger partial charge is 0.356 e. The maximum absolute atomic E-state index is 12.1. The normalized spacial score (nSPS) is 13.3. The molecule has 0 heterocycles. The molecule has 0 aliphatic rings. The number of phosphoric acid groups is 1. The van der Waals surface area contributed by atoms with Crippen molar-refractivity contribution in [1.82, 2.24) is 10.6 Å². The number of carbonyl (C=O) groups excluding carboxylic acids is 3. The molecular formula is C23H44N2O8P2S. The lowest BCUT2D eigenvalue weighted by atomic mass is 9.90. The summed E-state index contributed by atoms with van der Waals surface area (Å²) in [6.07, 6.45) is 11.6. The quantitative estimate of drug-likeness (QED) is 0.106. The molecule has 0 saturated heterocycles. The summed E-state index contributed by atoms with van der Waals surface area (Å²) in [4.78, 5) is 45.2. The SMILES string of the molecule is CCCCCCCCCCCC(=O)SCCNC(=O)CCNC(=O)CC(C)(C)COP(=O)(O)OP=O. The van der Waals surface area contributed by atoms with Gasteiger partial charge < -0.3 is 15.5 Å². The average Bonchev–Trinajstić information content (AvgIpc) is 2.79. The van der Waals surface area contributed by atoms with Gasteiger partial charge in [-0.2, -0.15) is 4.31 Å². The van der Waals surface area contributed by atoms with E-state index in [9.17, 15) is 28.4 Å². The number of unbranched alkanes of at least 4 members (excludes halogenated alkanes) is 8. The topological polar surface area (TPSA) is 148 Å². The predicted octanol–water partition coefficient (Wildman–Crippen LogP) is 5.55. The van der Waals surface area contributed by atoms with E-state index >= 15 is 0 Å². The van der Waals surface area contributed by atoms with Gasteiger partial charge in [-0.25, -0.2) is 9.13 Å². The van der Waals surface area contributed by atoms with Gasteiger partial charge >= 0.3 is 16.5 Å². The van der Waals surface area contributed by atoms with E-state index in [1.165, 1.54) is 56.7 Å². The molecule has 0 bridgehead atoms. The first kappa shape index (κ1) is 35.2. The van der Waals surface area contributed by atoms with Crippen molar-refractivity contribution < 1.29 is 37.2 Å². The van der Waals surface area contributed by atoms with Crippen molar-refractivity contribution in [3.05, 3.63) is 0 Å². The Morgan fingerprint density at radius 1 is 0.917 bits per heavy atom. The molecule has 0 aromatic heterocycles. The lowest BCUT2D eigenvalue weighted by Crippen LogP contribution is -2.34. The van der Waals surface area contributed by atoms with Crippen molar-refractivity contribution in [3.8, 4) is 0 Å². The third kappa shape index (κ3) is 22.4. The first-order chi connectivity index (χ1) is 17.0. The number of carbonyl (C=O) groups is 3. The second kappa shape index (κ2) is 21.1. The van der Waals surface area contributed by atoms with Crippen LogP contribution in [0.2, 0.25) is 0 Å². The molecule has 0 radical (unpaired) electrons. The number of hydrogen-bond donors (Lipinski definition) is 3. The Balaban J connectivity index is 3.77. The molecule has 0 spiro atoms. The van der Waals surface area contributed by atoms with Crippen molar-refractivity contribution in [2.45, 2.75) is 97.8 Å². The van der Waals surface area contributed by atoms with Crippen molar-refractivity contribution in [1.29, 1.82) is 0 Å². The van der Waals surface area contributed by atoms with E-state index in [0.717, 1.165) is 12.8 Å². The van der Waals surface area contributed by atoms with Crippen LogP contribution in [0.3, 0.4) is 0 Å². The molecule has 0 fully saturated rings. The van der Waals surface area contributed by atoms with Crippen LogP contribution in [-0.4, -0.2) is 47.3 Å². The van der Waals surface area contributed by atoms with Crippen LogP contribution < -0.4 is 10.6 Å². The maximum atomic E-state index is 12.1. The Morgan fingerprint density at radius 3 is 2.11 bits per heavy atom. The lowest BCUT2D eigenvalue weighted by molar-refractivity contribution is -0.124. The highest BCUT2D eigenvalue weighted by Crippen LogP contribution is 2.48. The fourth-order valence-corrected chi connectivity index (χ4v) is 5.04. The molecule has 0 aliphatic carbocycles. The van der Waals surface area contributed by atoms with Crippen molar-refractivity contribution in [3.63, 3.8) is 0 Å². The molecule has 0 rings (SSSR count). The number of rotatable bonds is 23. The monoisotopic (exact) mass is 570 g/mol. The highest BCUT2D eigenvalue weighted by molar-refractivity contribution is 8.13. The number of amides is 2. The van der Waals surface area contributed by atoms with Gasteiger partial charge in [-0.15, -0.1) is 0 Å². The molecule has 36 heavy (non-hydrogen) atoms. The zero-order valence-electron chi connectivity index (χ0n) is 21.9. The number of thioether (sulfide) groups is 1. The second-order valence-electron chi connectivity index (χ2n) is 9.49. The van der Waals surface area contributed by atoms with Crippen LogP contribution in [0.15, 0.2) is 0 Å². The van der Waals surface area contributed by atoms with E-state index in [2.05, 4.69) is 21.9 Å². The van der Waals surface area contributed by atoms with Gasteiger partial charge in [0.05, 0.1) is 6.61 Å². The highest BCUT2D eigenvalue weighted by atomic mass is 32.2. The summed E-state index contributed by atoms with van der Waals surface area (Å²) in [6.45, 7) is 5.79. The number of phosphoric ester groups is 1. The first-order valence-electron chi connectivity index (χ1n) is 12.7. The van der Waals surface area contributed by atoms with E-state index in [1.54, 1.807) is 13.8 Å². The largest absolute Gasteiger partial charge is 0.482 e. The predicted molar refractivity (Wildman–Crippen MR) is 143 cm³/mol. The van der Waals surface area contributed by atoms with Gasteiger partial charge in [0.25, 0.3) is 0 Å². The van der Waals surface area contributed by atoms with Crippen LogP contribution >= 0.6 is 28.3 Å². The molecule has 0 aliphatic heterocycles.